The van der Waals surface area contributed by atoms with Gasteiger partial charge in [0.1, 0.15) is 34.8 Å². The maximum Gasteiger partial charge on any atom is 0.312 e. The molecule has 1 aliphatic carbocycles. The average molecular weight is 1100 g/mol. The molecule has 5 aliphatic rings. The number of halogens is 1. The Morgan fingerprint density at radius 3 is 2.32 bits per heavy atom. The molecule has 7 N–H and O–H groups in total. The second-order valence-electron chi connectivity index (χ2n) is 21.4. The van der Waals surface area contributed by atoms with Crippen molar-refractivity contribution in [3.63, 3.8) is 0 Å². The lowest BCUT2D eigenvalue weighted by Gasteiger charge is -2.38. The number of aliphatic hydroxyl groups excluding tert-OH is 3. The Balaban J connectivity index is 1.21. The van der Waals surface area contributed by atoms with Crippen molar-refractivity contribution in [2.45, 2.75) is 117 Å². The molecule has 1 unspecified atom stereocenters. The summed E-state index contributed by atoms with van der Waals surface area (Å²) in [6, 6.07) is 0.709. The Kier molecular flexibility index (Phi) is 16.2. The maximum atomic E-state index is 16.4. The zero-order valence-corrected chi connectivity index (χ0v) is 46.2. The molecule has 1 saturated carbocycles. The third-order valence-electron chi connectivity index (χ3n) is 16.1. The van der Waals surface area contributed by atoms with Crippen molar-refractivity contribution in [1.82, 2.24) is 9.58 Å². The van der Waals surface area contributed by atoms with E-state index >= 15 is 4.39 Å². The van der Waals surface area contributed by atoms with Crippen LogP contribution in [0.3, 0.4) is 0 Å². The molecule has 21 heteroatoms. The summed E-state index contributed by atoms with van der Waals surface area (Å²) in [6.07, 6.45) is 7.88. The zero-order chi connectivity index (χ0) is 57.8. The predicted molar refractivity (Wildman–Crippen MR) is 294 cm³/mol. The number of hydrazone groups is 1. The van der Waals surface area contributed by atoms with E-state index in [9.17, 15) is 49.8 Å². The minimum Gasteiger partial charge on any atom is -0.508 e. The van der Waals surface area contributed by atoms with Gasteiger partial charge >= 0.3 is 11.8 Å². The van der Waals surface area contributed by atoms with Crippen molar-refractivity contribution in [3.05, 3.63) is 93.3 Å². The molecule has 20 nitrogen and oxygen atoms in total. The Labute approximate surface area is 456 Å². The van der Waals surface area contributed by atoms with Gasteiger partial charge in [-0.3, -0.25) is 24.2 Å². The van der Waals surface area contributed by atoms with Crippen molar-refractivity contribution in [2.24, 2.45) is 28.8 Å². The number of carbonyl (C=O) groups excluding carboxylic acids is 3. The van der Waals surface area contributed by atoms with Crippen LogP contribution in [0.1, 0.15) is 101 Å². The molecule has 0 spiro atoms. The van der Waals surface area contributed by atoms with Crippen LogP contribution >= 0.6 is 0 Å². The molecule has 5 heterocycles. The molecular weight excluding hydrogens is 1030 g/mol. The van der Waals surface area contributed by atoms with E-state index in [1.165, 1.54) is 66.5 Å². The van der Waals surface area contributed by atoms with Crippen molar-refractivity contribution in [2.75, 3.05) is 44.6 Å². The number of hydrogen-bond acceptors (Lipinski definition) is 18. The zero-order valence-electron chi connectivity index (χ0n) is 46.2. The number of nitrogens with zero attached hydrogens (tertiary/aromatic N) is 4. The summed E-state index contributed by atoms with van der Waals surface area (Å²) in [4.78, 5) is 56.7. The van der Waals surface area contributed by atoms with E-state index in [1.54, 1.807) is 56.8 Å². The van der Waals surface area contributed by atoms with Crippen LogP contribution in [-0.4, -0.2) is 135 Å². The van der Waals surface area contributed by atoms with Gasteiger partial charge in [-0.05, 0) is 45.3 Å². The van der Waals surface area contributed by atoms with Crippen LogP contribution in [0.2, 0.25) is 0 Å². The van der Waals surface area contributed by atoms with Gasteiger partial charge in [0.25, 0.3) is 11.7 Å². The summed E-state index contributed by atoms with van der Waals surface area (Å²) in [5.74, 6) is -10.3. The van der Waals surface area contributed by atoms with E-state index < -0.39 is 117 Å². The normalized spacial score (nSPS) is 28.4. The van der Waals surface area contributed by atoms with E-state index in [0.29, 0.717) is 18.5 Å². The number of aromatic nitrogens is 1. The number of methoxy groups -OCH3 is 2. The number of ether oxygens (including phenoxy) is 5. The molecule has 1 aromatic heterocycles. The van der Waals surface area contributed by atoms with Gasteiger partial charge in [-0.15, -0.1) is 0 Å². The Morgan fingerprint density at radius 1 is 0.987 bits per heavy atom. The van der Waals surface area contributed by atoms with Gasteiger partial charge in [-0.1, -0.05) is 52.5 Å². The van der Waals surface area contributed by atoms with E-state index in [-0.39, 0.29) is 74.1 Å². The minimum absolute atomic E-state index is 0.00692. The van der Waals surface area contributed by atoms with Crippen LogP contribution in [0.5, 0.6) is 28.7 Å². The number of aliphatic hydroxyl groups is 3. The predicted octanol–water partition coefficient (Wildman–Crippen LogP) is 7.62. The smallest absolute Gasteiger partial charge is 0.312 e. The van der Waals surface area contributed by atoms with Crippen molar-refractivity contribution in [1.29, 1.82) is 0 Å². The van der Waals surface area contributed by atoms with Crippen molar-refractivity contribution in [3.8, 4) is 28.7 Å². The quantitative estimate of drug-likeness (QED) is 0.0212. The molecule has 0 radical (unpaired) electrons. The van der Waals surface area contributed by atoms with Crippen molar-refractivity contribution < 1.29 is 73.1 Å². The number of ketones is 1. The molecule has 79 heavy (non-hydrogen) atoms. The molecule has 1 saturated heterocycles. The fourth-order valence-corrected chi connectivity index (χ4v) is 11.1. The second kappa shape index (κ2) is 22.3. The van der Waals surface area contributed by atoms with Gasteiger partial charge in [0.2, 0.25) is 5.43 Å². The third kappa shape index (κ3) is 10.5. The number of rotatable bonds is 9. The maximum absolute atomic E-state index is 16.4. The number of hydrogen-bond donors (Lipinski definition) is 7. The lowest BCUT2D eigenvalue weighted by Crippen LogP contribution is -2.46. The number of phenolic OH excluding ortho intramolecular Hbond substituents is 3. The summed E-state index contributed by atoms with van der Waals surface area (Å²) in [5, 5.41) is 78.1. The summed E-state index contributed by atoms with van der Waals surface area (Å²) >= 11 is 0. The number of pyridine rings is 1. The van der Waals surface area contributed by atoms with Crippen LogP contribution < -0.4 is 25.1 Å². The van der Waals surface area contributed by atoms with E-state index in [1.807, 2.05) is 4.57 Å². The summed E-state index contributed by atoms with van der Waals surface area (Å²) in [7, 11) is 4.44. The summed E-state index contributed by atoms with van der Waals surface area (Å²) < 4.78 is 47.9. The van der Waals surface area contributed by atoms with Crippen LogP contribution in [0.15, 0.2) is 64.9 Å². The largest absolute Gasteiger partial charge is 0.508 e. The first-order valence-corrected chi connectivity index (χ1v) is 26.2. The van der Waals surface area contributed by atoms with Gasteiger partial charge in [0.05, 0.1) is 82.6 Å². The van der Waals surface area contributed by atoms with E-state index in [4.69, 9.17) is 23.7 Å². The van der Waals surface area contributed by atoms with E-state index in [0.717, 1.165) is 25.2 Å². The number of aromatic hydroxyl groups is 3. The van der Waals surface area contributed by atoms with Gasteiger partial charge in [-0.25, -0.2) is 4.39 Å². The number of anilines is 2. The summed E-state index contributed by atoms with van der Waals surface area (Å²) in [6.45, 7) is 16.3. The number of carbonyl (C=O) groups is 3. The molecule has 3 aromatic carbocycles. The minimum atomic E-state index is -2.14. The first-order chi connectivity index (χ1) is 37.3. The number of fused-ring (bicyclic) bond motifs is 15. The Hall–Kier alpha value is -7.62. The molecule has 10 atom stereocenters. The fraction of sp³-hybridized carbons (Fsp3) is 0.466. The summed E-state index contributed by atoms with van der Waals surface area (Å²) in [5.41, 5.74) is -1.01. The van der Waals surface area contributed by atoms with Crippen LogP contribution in [0.25, 0.3) is 27.4 Å². The molecule has 1 amide bonds. The second-order valence-corrected chi connectivity index (χ2v) is 21.4. The number of esters is 1. The highest BCUT2D eigenvalue weighted by atomic mass is 19.1. The highest BCUT2D eigenvalue weighted by molar-refractivity contribution is 6.24. The molecule has 2 fully saturated rings. The first kappa shape index (κ1) is 57.6. The lowest BCUT2D eigenvalue weighted by molar-refractivity contribution is -0.160. The Morgan fingerprint density at radius 2 is 1.68 bits per heavy atom. The highest BCUT2D eigenvalue weighted by Crippen LogP contribution is 2.55. The number of phenols is 3. The van der Waals surface area contributed by atoms with Gasteiger partial charge in [0, 0.05) is 93.5 Å². The lowest BCUT2D eigenvalue weighted by atomic mass is 9.78. The number of amides is 1. The molecule has 4 aliphatic heterocycles. The number of allylic oxidation sites excluding steroid dienone is 2. The first-order valence-electron chi connectivity index (χ1n) is 26.2. The van der Waals surface area contributed by atoms with E-state index in [2.05, 4.69) is 17.0 Å². The van der Waals surface area contributed by atoms with Crippen LogP contribution in [0, 0.1) is 36.4 Å². The number of likely N-dealkylation sites (N-methyl/N-ethyl adjacent to an activating group) is 1. The SMILES string of the molecule is C=C(O)c1cn(C2CC2)c2c(OC)c(N3CCC(N(C)/N=C/c4c5c(O)c6c(O)c(C)c7c(c6c4O)C(=O)[C@@](C)(O/C=C/[C@H](OC)[C@@H](C)[C@@H](OC(C)=O)[C@H](C)[C@H](O)[C@H](C)[C@@H](O)[C@@H](C)/C=C/C=C(/C)C(=O)N5)O7)C3)c(F)cc2c1=O. The number of Topliss-reactive ketones (excluding diaryl/α,β-unsaturated/α-hetero) is 1. The molecular formula is C58H70FN5O15. The third-order valence-corrected chi connectivity index (χ3v) is 16.1. The van der Waals surface area contributed by atoms with Gasteiger partial charge in [-0.2, -0.15) is 5.10 Å². The fourth-order valence-electron chi connectivity index (χ4n) is 11.1. The Bertz CT molecular complexity index is 3330. The van der Waals surface area contributed by atoms with Crippen LogP contribution in [-0.2, 0) is 23.8 Å². The monoisotopic (exact) mass is 1100 g/mol. The van der Waals surface area contributed by atoms with Crippen LogP contribution in [0.4, 0.5) is 15.8 Å². The molecule has 9 rings (SSSR count). The average Bonchev–Trinajstić information content (AvgIpc) is 4.12. The van der Waals surface area contributed by atoms with Gasteiger partial charge < -0.3 is 69.1 Å². The highest BCUT2D eigenvalue weighted by Gasteiger charge is 2.50. The number of nitrogens with one attached hydrogen (secondary N) is 1. The van der Waals surface area contributed by atoms with Crippen molar-refractivity contribution >= 4 is 62.7 Å². The van der Waals surface area contributed by atoms with Gasteiger partial charge in [0.15, 0.2) is 17.3 Å². The topological polar surface area (TPSA) is 272 Å². The molecule has 424 valence electrons. The number of benzene rings is 3. The standard InChI is InChI=1S/C58H70FN5O15/c1-26-14-13-15-27(2)57(74)61-44-37(23-60-62(10)35-18-20-63(24-35)46-39(59)22-36-45(55(46)76-12)64(34-16-17-34)25-38(32(7)65)50(36)70)51(71)41-42(52(44)72)49(69)31(6)54-43(41)56(73)58(9,79-54)77-21-19-40(75-11)28(3)53(78-33(8)66)30(5)48(68)29(4)47(26)67/h13-15,19,21-23,25-26,28-30,34-35,40,47-48,53,65,67-69,71-72H,7,16-18,20,24H2,1-6,8-12H3,(H,61,74)/b14-13+,21-19+,27-15-,60-23+/t26-,28+,29+,30+,35?,40-,47-,48+,53+,58-/m0/s1. The molecule has 5 bridgehead atoms. The molecule has 4 aromatic rings.